The molecule has 0 radical (unpaired) electrons. The van der Waals surface area contributed by atoms with Gasteiger partial charge in [-0.25, -0.2) is 0 Å². The first-order chi connectivity index (χ1) is 8.68. The van der Waals surface area contributed by atoms with Crippen molar-refractivity contribution < 1.29 is 9.53 Å². The summed E-state index contributed by atoms with van der Waals surface area (Å²) in [5.41, 5.74) is 2.06. The Hall–Kier alpha value is -1.68. The molecule has 1 heterocycles. The Balaban J connectivity index is 2.06. The van der Waals surface area contributed by atoms with Crippen LogP contribution in [0.1, 0.15) is 18.9 Å². The Morgan fingerprint density at radius 3 is 3.06 bits per heavy atom. The summed E-state index contributed by atoms with van der Waals surface area (Å²) >= 11 is 0. The minimum Gasteiger partial charge on any atom is -0.375 e. The molecule has 0 aliphatic carbocycles. The van der Waals surface area contributed by atoms with Crippen LogP contribution in [0.3, 0.4) is 0 Å². The second kappa shape index (κ2) is 8.42. The third kappa shape index (κ3) is 6.81. The van der Waals surface area contributed by atoms with Crippen LogP contribution in [-0.4, -0.2) is 30.6 Å². The third-order valence-electron chi connectivity index (χ3n) is 2.28. The highest BCUT2D eigenvalue weighted by Gasteiger charge is 2.01. The molecule has 0 aromatic carbocycles. The van der Waals surface area contributed by atoms with E-state index in [1.54, 1.807) is 12.4 Å². The molecule has 0 aliphatic rings. The maximum atomic E-state index is 11.5. The normalized spacial score (nSPS) is 10.1. The molecule has 4 nitrogen and oxygen atoms in total. The highest BCUT2D eigenvalue weighted by atomic mass is 16.5. The first kappa shape index (κ1) is 14.4. The van der Waals surface area contributed by atoms with E-state index >= 15 is 0 Å². The molecule has 1 amide bonds. The van der Waals surface area contributed by atoms with Gasteiger partial charge in [0, 0.05) is 25.4 Å². The van der Waals surface area contributed by atoms with Crippen molar-refractivity contribution >= 4 is 5.91 Å². The zero-order chi connectivity index (χ0) is 13.2. The van der Waals surface area contributed by atoms with E-state index in [1.807, 2.05) is 19.1 Å². The molecule has 0 bridgehead atoms. The predicted molar refractivity (Wildman–Crippen MR) is 71.2 cm³/mol. The molecule has 98 valence electrons. The summed E-state index contributed by atoms with van der Waals surface area (Å²) in [5, 5.41) is 2.81. The van der Waals surface area contributed by atoms with E-state index in [0.29, 0.717) is 32.6 Å². The number of nitrogens with one attached hydrogen (secondary N) is 1. The Morgan fingerprint density at radius 2 is 2.39 bits per heavy atom. The summed E-state index contributed by atoms with van der Waals surface area (Å²) in [6.07, 6.45) is 4.70. The van der Waals surface area contributed by atoms with Gasteiger partial charge in [-0.2, -0.15) is 0 Å². The fourth-order valence-corrected chi connectivity index (χ4v) is 1.40. The highest BCUT2D eigenvalue weighted by molar-refractivity contribution is 5.76. The molecule has 0 aliphatic heterocycles. The fraction of sp³-hybridized carbons (Fsp3) is 0.429. The molecule has 1 aromatic rings. The van der Waals surface area contributed by atoms with Crippen LogP contribution in [0.15, 0.2) is 36.7 Å². The van der Waals surface area contributed by atoms with Crippen LogP contribution in [0.5, 0.6) is 0 Å². The maximum absolute atomic E-state index is 11.5. The number of pyridine rings is 1. The Morgan fingerprint density at radius 1 is 1.56 bits per heavy atom. The number of ether oxygens (including phenoxy) is 1. The number of hydrogen-bond donors (Lipinski definition) is 1. The molecule has 0 atom stereocenters. The van der Waals surface area contributed by atoms with Crippen LogP contribution < -0.4 is 5.32 Å². The number of carbonyl (C=O) groups excluding carboxylic acids is 1. The molecule has 0 saturated heterocycles. The molecule has 1 N–H and O–H groups in total. The summed E-state index contributed by atoms with van der Waals surface area (Å²) < 4.78 is 5.28. The van der Waals surface area contributed by atoms with Gasteiger partial charge in [-0.1, -0.05) is 18.2 Å². The molecular weight excluding hydrogens is 228 g/mol. The number of carbonyl (C=O) groups is 1. The van der Waals surface area contributed by atoms with Gasteiger partial charge in [0.2, 0.25) is 5.91 Å². The van der Waals surface area contributed by atoms with Crippen molar-refractivity contribution in [2.75, 3.05) is 19.8 Å². The van der Waals surface area contributed by atoms with Crippen molar-refractivity contribution in [3.63, 3.8) is 0 Å². The smallest absolute Gasteiger partial charge is 0.220 e. The van der Waals surface area contributed by atoms with Gasteiger partial charge in [0.25, 0.3) is 0 Å². The number of aryl methyl sites for hydroxylation is 1. The van der Waals surface area contributed by atoms with E-state index in [2.05, 4.69) is 16.9 Å². The van der Waals surface area contributed by atoms with E-state index in [0.717, 1.165) is 11.1 Å². The van der Waals surface area contributed by atoms with Gasteiger partial charge >= 0.3 is 0 Å². The predicted octanol–water partition coefficient (Wildman–Crippen LogP) is 1.72. The lowest BCUT2D eigenvalue weighted by atomic mass is 10.1. The summed E-state index contributed by atoms with van der Waals surface area (Å²) in [7, 11) is 0. The van der Waals surface area contributed by atoms with E-state index in [1.165, 1.54) is 0 Å². The molecule has 4 heteroatoms. The first-order valence-corrected chi connectivity index (χ1v) is 6.06. The monoisotopic (exact) mass is 248 g/mol. The van der Waals surface area contributed by atoms with Crippen LogP contribution >= 0.6 is 0 Å². The Bertz CT molecular complexity index is 377. The molecule has 0 spiro atoms. The minimum atomic E-state index is 0.0396. The highest BCUT2D eigenvalue weighted by Crippen LogP contribution is 1.99. The number of aromatic nitrogens is 1. The molecular formula is C14H20N2O2. The van der Waals surface area contributed by atoms with E-state index < -0.39 is 0 Å². The summed E-state index contributed by atoms with van der Waals surface area (Å²) in [5.74, 6) is 0.0396. The maximum Gasteiger partial charge on any atom is 0.220 e. The molecule has 0 saturated carbocycles. The van der Waals surface area contributed by atoms with Crippen molar-refractivity contribution in [3.8, 4) is 0 Å². The number of amides is 1. The van der Waals surface area contributed by atoms with Gasteiger partial charge < -0.3 is 10.1 Å². The Labute approximate surface area is 108 Å². The summed E-state index contributed by atoms with van der Waals surface area (Å²) in [6, 6.07) is 3.84. The Kier molecular flexibility index (Phi) is 6.72. The molecule has 0 unspecified atom stereocenters. The lowest BCUT2D eigenvalue weighted by molar-refractivity contribution is -0.121. The van der Waals surface area contributed by atoms with Crippen molar-refractivity contribution in [1.82, 2.24) is 10.3 Å². The number of hydrogen-bond acceptors (Lipinski definition) is 3. The number of rotatable bonds is 8. The zero-order valence-electron chi connectivity index (χ0n) is 10.8. The SMILES string of the molecule is C=C(C)COCCNC(=O)CCc1cccnc1. The van der Waals surface area contributed by atoms with Gasteiger partial charge in [-0.3, -0.25) is 9.78 Å². The molecule has 0 fully saturated rings. The zero-order valence-corrected chi connectivity index (χ0v) is 10.8. The quantitative estimate of drug-likeness (QED) is 0.563. The average Bonchev–Trinajstić information content (AvgIpc) is 2.37. The van der Waals surface area contributed by atoms with Crippen molar-refractivity contribution in [2.24, 2.45) is 0 Å². The molecule has 1 rings (SSSR count). The summed E-state index contributed by atoms with van der Waals surface area (Å²) in [4.78, 5) is 15.5. The topological polar surface area (TPSA) is 51.2 Å². The molecule has 1 aromatic heterocycles. The standard InChI is InChI=1S/C14H20N2O2/c1-12(2)11-18-9-8-16-14(17)6-5-13-4-3-7-15-10-13/h3-4,7,10H,1,5-6,8-9,11H2,2H3,(H,16,17). The lowest BCUT2D eigenvalue weighted by Crippen LogP contribution is -2.27. The van der Waals surface area contributed by atoms with Gasteiger partial charge in [-0.15, -0.1) is 0 Å². The van der Waals surface area contributed by atoms with E-state index in [4.69, 9.17) is 4.74 Å². The average molecular weight is 248 g/mol. The largest absolute Gasteiger partial charge is 0.375 e. The lowest BCUT2D eigenvalue weighted by Gasteiger charge is -2.06. The van der Waals surface area contributed by atoms with Gasteiger partial charge in [0.1, 0.15) is 0 Å². The minimum absolute atomic E-state index is 0.0396. The van der Waals surface area contributed by atoms with Crippen LogP contribution in [0.4, 0.5) is 0 Å². The van der Waals surface area contributed by atoms with Crippen LogP contribution in [0.25, 0.3) is 0 Å². The van der Waals surface area contributed by atoms with Gasteiger partial charge in [-0.05, 0) is 25.0 Å². The van der Waals surface area contributed by atoms with Crippen molar-refractivity contribution in [3.05, 3.63) is 42.2 Å². The fourth-order valence-electron chi connectivity index (χ4n) is 1.40. The second-order valence-corrected chi connectivity index (χ2v) is 4.22. The second-order valence-electron chi connectivity index (χ2n) is 4.22. The van der Waals surface area contributed by atoms with Crippen molar-refractivity contribution in [2.45, 2.75) is 19.8 Å². The summed E-state index contributed by atoms with van der Waals surface area (Å²) in [6.45, 7) is 7.25. The van der Waals surface area contributed by atoms with E-state index in [9.17, 15) is 4.79 Å². The van der Waals surface area contributed by atoms with Crippen LogP contribution in [0, 0.1) is 0 Å². The third-order valence-corrected chi connectivity index (χ3v) is 2.28. The van der Waals surface area contributed by atoms with E-state index in [-0.39, 0.29) is 5.91 Å². The van der Waals surface area contributed by atoms with Gasteiger partial charge in [0.15, 0.2) is 0 Å². The van der Waals surface area contributed by atoms with Crippen LogP contribution in [0.2, 0.25) is 0 Å². The van der Waals surface area contributed by atoms with Crippen LogP contribution in [-0.2, 0) is 16.0 Å². The van der Waals surface area contributed by atoms with Gasteiger partial charge in [0.05, 0.1) is 13.2 Å². The molecule has 18 heavy (non-hydrogen) atoms. The first-order valence-electron chi connectivity index (χ1n) is 6.06. The number of nitrogens with zero attached hydrogens (tertiary/aromatic N) is 1. The van der Waals surface area contributed by atoms with Crippen molar-refractivity contribution in [1.29, 1.82) is 0 Å².